The minimum atomic E-state index is -1.19. The second kappa shape index (κ2) is 5.43. The molecule has 1 rings (SSSR count). The van der Waals surface area contributed by atoms with Gasteiger partial charge in [0.25, 0.3) is 0 Å². The molecule has 1 saturated heterocycles. The molecule has 0 radical (unpaired) electrons. The highest BCUT2D eigenvalue weighted by Crippen LogP contribution is 2.12. The SMILES string of the molecule is NC(CS(=O)CC1CCCO1)C(=O)O. The van der Waals surface area contributed by atoms with E-state index in [1.54, 1.807) is 0 Å². The van der Waals surface area contributed by atoms with Gasteiger partial charge in [-0.25, -0.2) is 0 Å². The summed E-state index contributed by atoms with van der Waals surface area (Å²) in [5.41, 5.74) is 5.26. The van der Waals surface area contributed by atoms with Crippen molar-refractivity contribution in [2.75, 3.05) is 18.1 Å². The first kappa shape index (κ1) is 11.6. The molecule has 14 heavy (non-hydrogen) atoms. The number of hydrogen-bond donors (Lipinski definition) is 2. The van der Waals surface area contributed by atoms with Crippen molar-refractivity contribution in [2.24, 2.45) is 5.73 Å². The zero-order valence-electron chi connectivity index (χ0n) is 7.85. The van der Waals surface area contributed by atoms with Crippen LogP contribution in [-0.2, 0) is 20.3 Å². The van der Waals surface area contributed by atoms with E-state index in [9.17, 15) is 9.00 Å². The Balaban J connectivity index is 2.24. The molecule has 0 aliphatic carbocycles. The van der Waals surface area contributed by atoms with E-state index in [2.05, 4.69) is 0 Å². The predicted octanol–water partition coefficient (Wildman–Crippen LogP) is -0.674. The smallest absolute Gasteiger partial charge is 0.321 e. The number of rotatable bonds is 5. The summed E-state index contributed by atoms with van der Waals surface area (Å²) in [6.07, 6.45) is 1.93. The fraction of sp³-hybridized carbons (Fsp3) is 0.875. The Morgan fingerprint density at radius 2 is 2.43 bits per heavy atom. The number of hydrogen-bond acceptors (Lipinski definition) is 4. The van der Waals surface area contributed by atoms with E-state index in [-0.39, 0.29) is 11.9 Å². The monoisotopic (exact) mass is 221 g/mol. The van der Waals surface area contributed by atoms with Crippen molar-refractivity contribution < 1.29 is 18.8 Å². The van der Waals surface area contributed by atoms with Gasteiger partial charge in [-0.05, 0) is 12.8 Å². The number of carboxylic acid groups (broad SMARTS) is 1. The van der Waals surface area contributed by atoms with E-state index in [1.807, 2.05) is 0 Å². The van der Waals surface area contributed by atoms with Gasteiger partial charge >= 0.3 is 5.97 Å². The molecule has 0 aromatic heterocycles. The van der Waals surface area contributed by atoms with Gasteiger partial charge in [0.15, 0.2) is 0 Å². The molecule has 0 bridgehead atoms. The summed E-state index contributed by atoms with van der Waals surface area (Å²) >= 11 is 0. The van der Waals surface area contributed by atoms with E-state index < -0.39 is 22.8 Å². The van der Waals surface area contributed by atoms with Crippen LogP contribution in [0.15, 0.2) is 0 Å². The highest BCUT2D eigenvalue weighted by Gasteiger charge is 2.21. The molecule has 0 saturated carbocycles. The Morgan fingerprint density at radius 1 is 1.71 bits per heavy atom. The van der Waals surface area contributed by atoms with Gasteiger partial charge in [0.2, 0.25) is 0 Å². The summed E-state index contributed by atoms with van der Waals surface area (Å²) < 4.78 is 16.7. The maximum Gasteiger partial charge on any atom is 0.321 e. The Morgan fingerprint density at radius 3 is 2.93 bits per heavy atom. The van der Waals surface area contributed by atoms with Gasteiger partial charge in [-0.1, -0.05) is 0 Å². The molecule has 82 valence electrons. The van der Waals surface area contributed by atoms with E-state index >= 15 is 0 Å². The largest absolute Gasteiger partial charge is 0.480 e. The fourth-order valence-corrected chi connectivity index (χ4v) is 2.68. The van der Waals surface area contributed by atoms with Gasteiger partial charge < -0.3 is 15.6 Å². The van der Waals surface area contributed by atoms with Crippen LogP contribution in [0.2, 0.25) is 0 Å². The zero-order chi connectivity index (χ0) is 10.6. The maximum absolute atomic E-state index is 11.4. The highest BCUT2D eigenvalue weighted by molar-refractivity contribution is 7.85. The molecule has 1 aliphatic heterocycles. The van der Waals surface area contributed by atoms with Crippen molar-refractivity contribution in [3.63, 3.8) is 0 Å². The van der Waals surface area contributed by atoms with Crippen molar-refractivity contribution in [3.8, 4) is 0 Å². The molecule has 5 nitrogen and oxygen atoms in total. The van der Waals surface area contributed by atoms with Crippen LogP contribution >= 0.6 is 0 Å². The van der Waals surface area contributed by atoms with Crippen molar-refractivity contribution in [2.45, 2.75) is 25.0 Å². The number of aliphatic carboxylic acids is 1. The highest BCUT2D eigenvalue weighted by atomic mass is 32.2. The number of carbonyl (C=O) groups is 1. The summed E-state index contributed by atoms with van der Waals surface area (Å²) in [4.78, 5) is 10.4. The Kier molecular flexibility index (Phi) is 4.50. The molecular weight excluding hydrogens is 206 g/mol. The Hall–Kier alpha value is -0.460. The van der Waals surface area contributed by atoms with Crippen LogP contribution in [0.3, 0.4) is 0 Å². The van der Waals surface area contributed by atoms with Crippen LogP contribution in [0.4, 0.5) is 0 Å². The summed E-state index contributed by atoms with van der Waals surface area (Å²) in [6.45, 7) is 0.715. The average molecular weight is 221 g/mol. The second-order valence-corrected chi connectivity index (χ2v) is 4.90. The third-order valence-corrected chi connectivity index (χ3v) is 3.55. The van der Waals surface area contributed by atoms with Crippen LogP contribution in [0, 0.1) is 0 Å². The standard InChI is InChI=1S/C8H15NO4S/c9-7(8(10)11)5-14(12)4-6-2-1-3-13-6/h6-7H,1-5,9H2,(H,10,11). The molecular formula is C8H15NO4S. The topological polar surface area (TPSA) is 89.6 Å². The predicted molar refractivity (Wildman–Crippen MR) is 52.5 cm³/mol. The quantitative estimate of drug-likeness (QED) is 0.642. The molecule has 3 unspecified atom stereocenters. The number of carboxylic acids is 1. The van der Waals surface area contributed by atoms with E-state index in [0.717, 1.165) is 12.8 Å². The molecule has 3 N–H and O–H groups in total. The molecule has 0 aromatic rings. The van der Waals surface area contributed by atoms with Gasteiger partial charge in [0.05, 0.1) is 6.10 Å². The molecule has 0 spiro atoms. The van der Waals surface area contributed by atoms with Crippen LogP contribution in [0.5, 0.6) is 0 Å². The molecule has 3 atom stereocenters. The summed E-state index contributed by atoms with van der Waals surface area (Å²) in [7, 11) is -1.19. The Labute approximate surface area is 85.1 Å². The Bertz CT molecular complexity index is 227. The average Bonchev–Trinajstić information content (AvgIpc) is 2.56. The van der Waals surface area contributed by atoms with Gasteiger partial charge in [0.1, 0.15) is 6.04 Å². The van der Waals surface area contributed by atoms with Gasteiger partial charge in [0, 0.05) is 28.9 Å². The first-order chi connectivity index (χ1) is 6.59. The number of nitrogens with two attached hydrogens (primary N) is 1. The van der Waals surface area contributed by atoms with Crippen LogP contribution in [0.1, 0.15) is 12.8 Å². The maximum atomic E-state index is 11.4. The first-order valence-electron chi connectivity index (χ1n) is 4.54. The van der Waals surface area contributed by atoms with Crippen LogP contribution < -0.4 is 5.73 Å². The fourth-order valence-electron chi connectivity index (χ4n) is 1.32. The van der Waals surface area contributed by atoms with Crippen molar-refractivity contribution in [3.05, 3.63) is 0 Å². The van der Waals surface area contributed by atoms with Crippen LogP contribution in [-0.4, -0.2) is 45.5 Å². The van der Waals surface area contributed by atoms with Gasteiger partial charge in [-0.15, -0.1) is 0 Å². The summed E-state index contributed by atoms with van der Waals surface area (Å²) in [5.74, 6) is -0.693. The lowest BCUT2D eigenvalue weighted by molar-refractivity contribution is -0.137. The molecule has 0 amide bonds. The minimum Gasteiger partial charge on any atom is -0.480 e. The lowest BCUT2D eigenvalue weighted by Gasteiger charge is -2.10. The lowest BCUT2D eigenvalue weighted by Crippen LogP contribution is -2.37. The van der Waals surface area contributed by atoms with Crippen molar-refractivity contribution >= 4 is 16.8 Å². The van der Waals surface area contributed by atoms with Crippen molar-refractivity contribution in [1.29, 1.82) is 0 Å². The third kappa shape index (κ3) is 3.73. The molecule has 1 heterocycles. The molecule has 1 fully saturated rings. The van der Waals surface area contributed by atoms with Crippen LogP contribution in [0.25, 0.3) is 0 Å². The number of ether oxygens (including phenoxy) is 1. The van der Waals surface area contributed by atoms with Gasteiger partial charge in [-0.2, -0.15) is 0 Å². The lowest BCUT2D eigenvalue weighted by atomic mass is 10.3. The van der Waals surface area contributed by atoms with E-state index in [1.165, 1.54) is 0 Å². The molecule has 6 heteroatoms. The summed E-state index contributed by atoms with van der Waals surface area (Å²) in [6, 6.07) is -1.03. The first-order valence-corrected chi connectivity index (χ1v) is 6.03. The zero-order valence-corrected chi connectivity index (χ0v) is 8.66. The second-order valence-electron chi connectivity index (χ2n) is 3.35. The van der Waals surface area contributed by atoms with E-state index in [4.69, 9.17) is 15.6 Å². The third-order valence-electron chi connectivity index (χ3n) is 2.08. The minimum absolute atomic E-state index is 0.00912. The normalized spacial score (nSPS) is 25.9. The summed E-state index contributed by atoms with van der Waals surface area (Å²) in [5, 5.41) is 8.50. The molecule has 1 aliphatic rings. The van der Waals surface area contributed by atoms with Crippen molar-refractivity contribution in [1.82, 2.24) is 0 Å². The van der Waals surface area contributed by atoms with E-state index in [0.29, 0.717) is 12.4 Å². The van der Waals surface area contributed by atoms with Gasteiger partial charge in [-0.3, -0.25) is 9.00 Å². The molecule has 0 aromatic carbocycles.